The first-order valence-corrected chi connectivity index (χ1v) is 9.68. The lowest BCUT2D eigenvalue weighted by Gasteiger charge is -2.20. The number of nitrogens with zero attached hydrogens (tertiary/aromatic N) is 1. The molecule has 27 heavy (non-hydrogen) atoms. The molecule has 5 nitrogen and oxygen atoms in total. The van der Waals surface area contributed by atoms with Gasteiger partial charge in [-0.2, -0.15) is 0 Å². The Labute approximate surface area is 164 Å². The number of amides is 3. The van der Waals surface area contributed by atoms with E-state index in [4.69, 9.17) is 11.6 Å². The van der Waals surface area contributed by atoms with E-state index in [2.05, 4.69) is 10.6 Å². The summed E-state index contributed by atoms with van der Waals surface area (Å²) < 4.78 is 0. The van der Waals surface area contributed by atoms with Crippen LogP contribution in [0, 0.1) is 0 Å². The first-order valence-electron chi connectivity index (χ1n) is 9.30. The van der Waals surface area contributed by atoms with Crippen molar-refractivity contribution in [3.05, 3.63) is 59.1 Å². The average Bonchev–Trinajstić information content (AvgIpc) is 2.93. The third-order valence-corrected chi connectivity index (χ3v) is 4.80. The molecule has 0 aliphatic carbocycles. The van der Waals surface area contributed by atoms with E-state index in [-0.39, 0.29) is 18.4 Å². The van der Waals surface area contributed by atoms with E-state index >= 15 is 0 Å². The van der Waals surface area contributed by atoms with Crippen LogP contribution in [0.4, 0.5) is 16.2 Å². The summed E-state index contributed by atoms with van der Waals surface area (Å²) in [6.07, 6.45) is 4.75. The van der Waals surface area contributed by atoms with Gasteiger partial charge in [-0.1, -0.05) is 36.6 Å². The largest absolute Gasteiger partial charge is 0.326 e. The lowest BCUT2D eigenvalue weighted by Crippen LogP contribution is -2.35. The first kappa shape index (κ1) is 19.2. The summed E-state index contributed by atoms with van der Waals surface area (Å²) in [6, 6.07) is 14.4. The van der Waals surface area contributed by atoms with Crippen LogP contribution in [0.5, 0.6) is 0 Å². The maximum absolute atomic E-state index is 12.3. The molecule has 1 heterocycles. The predicted molar refractivity (Wildman–Crippen MR) is 109 cm³/mol. The number of likely N-dealkylation sites (tertiary alicyclic amines) is 1. The van der Waals surface area contributed by atoms with Gasteiger partial charge in [-0.25, -0.2) is 4.79 Å². The fourth-order valence-electron chi connectivity index (χ4n) is 3.15. The maximum atomic E-state index is 12.3. The SMILES string of the molecule is O=C(Cc1cccc(Cl)c1)Nc1ccc(NC(=O)N2CCCCCC2)cc1. The monoisotopic (exact) mass is 385 g/mol. The molecule has 0 atom stereocenters. The normalized spacial score (nSPS) is 14.3. The molecule has 2 aromatic carbocycles. The van der Waals surface area contributed by atoms with Gasteiger partial charge in [-0.3, -0.25) is 4.79 Å². The number of carbonyl (C=O) groups excluding carboxylic acids is 2. The van der Waals surface area contributed by atoms with Crippen molar-refractivity contribution in [3.8, 4) is 0 Å². The van der Waals surface area contributed by atoms with Crippen molar-refractivity contribution in [1.82, 2.24) is 4.90 Å². The topological polar surface area (TPSA) is 61.4 Å². The number of carbonyl (C=O) groups is 2. The zero-order chi connectivity index (χ0) is 19.1. The second-order valence-electron chi connectivity index (χ2n) is 6.76. The number of hydrogen-bond donors (Lipinski definition) is 2. The second kappa shape index (κ2) is 9.42. The minimum absolute atomic E-state index is 0.0605. The molecule has 0 radical (unpaired) electrons. The first-order chi connectivity index (χ1) is 13.1. The van der Waals surface area contributed by atoms with Gasteiger partial charge in [0, 0.05) is 29.5 Å². The van der Waals surface area contributed by atoms with Crippen LogP contribution < -0.4 is 10.6 Å². The molecular formula is C21H24ClN3O2. The van der Waals surface area contributed by atoms with Crippen molar-refractivity contribution in [2.45, 2.75) is 32.1 Å². The van der Waals surface area contributed by atoms with E-state index in [9.17, 15) is 9.59 Å². The summed E-state index contributed by atoms with van der Waals surface area (Å²) in [7, 11) is 0. The van der Waals surface area contributed by atoms with Crippen LogP contribution in [0.1, 0.15) is 31.2 Å². The molecule has 0 saturated carbocycles. The van der Waals surface area contributed by atoms with Crippen LogP contribution in [-0.4, -0.2) is 29.9 Å². The Kier molecular flexibility index (Phi) is 6.71. The van der Waals surface area contributed by atoms with Crippen molar-refractivity contribution in [2.24, 2.45) is 0 Å². The lowest BCUT2D eigenvalue weighted by molar-refractivity contribution is -0.115. The molecule has 3 rings (SSSR count). The molecule has 142 valence electrons. The summed E-state index contributed by atoms with van der Waals surface area (Å²) in [5.74, 6) is -0.112. The van der Waals surface area contributed by atoms with Crippen LogP contribution in [0.25, 0.3) is 0 Å². The van der Waals surface area contributed by atoms with E-state index in [0.717, 1.165) is 37.2 Å². The van der Waals surface area contributed by atoms with Gasteiger partial charge in [0.1, 0.15) is 0 Å². The van der Waals surface area contributed by atoms with Gasteiger partial charge in [-0.05, 0) is 54.8 Å². The minimum Gasteiger partial charge on any atom is -0.326 e. The van der Waals surface area contributed by atoms with Crippen LogP contribution in [0.2, 0.25) is 5.02 Å². The Morgan fingerprint density at radius 3 is 2.15 bits per heavy atom. The van der Waals surface area contributed by atoms with Crippen LogP contribution in [0.3, 0.4) is 0 Å². The van der Waals surface area contributed by atoms with E-state index in [1.807, 2.05) is 17.0 Å². The van der Waals surface area contributed by atoms with Crippen molar-refractivity contribution in [2.75, 3.05) is 23.7 Å². The van der Waals surface area contributed by atoms with Gasteiger partial charge >= 0.3 is 6.03 Å². The lowest BCUT2D eigenvalue weighted by atomic mass is 10.1. The molecule has 3 amide bonds. The number of rotatable bonds is 4. The molecule has 1 fully saturated rings. The smallest absolute Gasteiger partial charge is 0.321 e. The third-order valence-electron chi connectivity index (χ3n) is 4.57. The van der Waals surface area contributed by atoms with Crippen molar-refractivity contribution >= 4 is 34.9 Å². The Hall–Kier alpha value is -2.53. The molecular weight excluding hydrogens is 362 g/mol. The van der Waals surface area contributed by atoms with Crippen LogP contribution in [0.15, 0.2) is 48.5 Å². The Morgan fingerprint density at radius 1 is 0.889 bits per heavy atom. The molecule has 0 bridgehead atoms. The molecule has 0 aromatic heterocycles. The number of anilines is 2. The molecule has 1 saturated heterocycles. The van der Waals surface area contributed by atoms with Crippen molar-refractivity contribution < 1.29 is 9.59 Å². The van der Waals surface area contributed by atoms with Gasteiger partial charge in [-0.15, -0.1) is 0 Å². The molecule has 1 aliphatic heterocycles. The Balaban J connectivity index is 1.52. The van der Waals surface area contributed by atoms with Crippen molar-refractivity contribution in [3.63, 3.8) is 0 Å². The summed E-state index contributed by atoms with van der Waals surface area (Å²) in [5, 5.41) is 6.40. The number of nitrogens with one attached hydrogen (secondary N) is 2. The highest BCUT2D eigenvalue weighted by molar-refractivity contribution is 6.30. The van der Waals surface area contributed by atoms with Crippen molar-refractivity contribution in [1.29, 1.82) is 0 Å². The average molecular weight is 386 g/mol. The van der Waals surface area contributed by atoms with E-state index in [1.54, 1.807) is 36.4 Å². The molecule has 0 unspecified atom stereocenters. The second-order valence-corrected chi connectivity index (χ2v) is 7.20. The molecule has 6 heteroatoms. The van der Waals surface area contributed by atoms with Gasteiger partial charge in [0.15, 0.2) is 0 Å². The summed E-state index contributed by atoms with van der Waals surface area (Å²) in [6.45, 7) is 1.62. The molecule has 0 spiro atoms. The highest BCUT2D eigenvalue weighted by Gasteiger charge is 2.15. The van der Waals surface area contributed by atoms with Gasteiger partial charge in [0.2, 0.25) is 5.91 Å². The summed E-state index contributed by atoms with van der Waals surface area (Å²) >= 11 is 5.94. The Bertz CT molecular complexity index is 784. The number of benzene rings is 2. The zero-order valence-electron chi connectivity index (χ0n) is 15.2. The number of halogens is 1. The highest BCUT2D eigenvalue weighted by atomic mass is 35.5. The Morgan fingerprint density at radius 2 is 1.52 bits per heavy atom. The standard InChI is InChI=1S/C21H24ClN3O2/c22-17-7-5-6-16(14-17)15-20(26)23-18-8-10-19(11-9-18)24-21(27)25-12-3-1-2-4-13-25/h5-11,14H,1-4,12-13,15H2,(H,23,26)(H,24,27). The highest BCUT2D eigenvalue weighted by Crippen LogP contribution is 2.17. The van der Waals surface area contributed by atoms with Crippen LogP contribution in [-0.2, 0) is 11.2 Å². The number of hydrogen-bond acceptors (Lipinski definition) is 2. The van der Waals surface area contributed by atoms with E-state index in [0.29, 0.717) is 10.7 Å². The van der Waals surface area contributed by atoms with Gasteiger partial charge < -0.3 is 15.5 Å². The maximum Gasteiger partial charge on any atom is 0.321 e. The molecule has 2 aromatic rings. The molecule has 2 N–H and O–H groups in total. The predicted octanol–water partition coefficient (Wildman–Crippen LogP) is 4.93. The van der Waals surface area contributed by atoms with Crippen LogP contribution >= 0.6 is 11.6 Å². The third kappa shape index (κ3) is 6.00. The van der Waals surface area contributed by atoms with E-state index < -0.39 is 0 Å². The summed E-state index contributed by atoms with van der Waals surface area (Å²) in [4.78, 5) is 26.4. The fraction of sp³-hybridized carbons (Fsp3) is 0.333. The summed E-state index contributed by atoms with van der Waals surface area (Å²) in [5.41, 5.74) is 2.27. The van der Waals surface area contributed by atoms with Gasteiger partial charge in [0.25, 0.3) is 0 Å². The van der Waals surface area contributed by atoms with E-state index in [1.165, 1.54) is 12.8 Å². The van der Waals surface area contributed by atoms with Gasteiger partial charge in [0.05, 0.1) is 6.42 Å². The molecule has 1 aliphatic rings. The zero-order valence-corrected chi connectivity index (χ0v) is 16.0. The fourth-order valence-corrected chi connectivity index (χ4v) is 3.36. The number of urea groups is 1. The quantitative estimate of drug-likeness (QED) is 0.783. The minimum atomic E-state index is -0.112.